The number of hydrogen-bond acceptors (Lipinski definition) is 6. The minimum absolute atomic E-state index is 0.0706. The highest BCUT2D eigenvalue weighted by Crippen LogP contribution is 2.67. The summed E-state index contributed by atoms with van der Waals surface area (Å²) in [5.41, 5.74) is 2.19. The van der Waals surface area contributed by atoms with E-state index in [-0.39, 0.29) is 5.92 Å². The molecule has 2 N–H and O–H groups in total. The number of fused-ring (bicyclic) bond motifs is 3. The Hall–Kier alpha value is -4.18. The van der Waals surface area contributed by atoms with Crippen molar-refractivity contribution >= 4 is 0 Å². The molecule has 3 aromatic carbocycles. The topological polar surface area (TPSA) is 87.4 Å². The zero-order chi connectivity index (χ0) is 26.6. The number of aromatic nitrogens is 1. The summed E-state index contributed by atoms with van der Waals surface area (Å²) in [6.45, 7) is 0.959. The summed E-state index contributed by atoms with van der Waals surface area (Å²) < 4.78 is 12.2. The van der Waals surface area contributed by atoms with Gasteiger partial charge in [0.2, 0.25) is 0 Å². The van der Waals surface area contributed by atoms with Gasteiger partial charge in [-0.1, -0.05) is 72.8 Å². The molecule has 0 saturated heterocycles. The van der Waals surface area contributed by atoms with Crippen LogP contribution in [0, 0.1) is 11.3 Å². The molecule has 0 amide bonds. The number of methoxy groups -OCH3 is 1. The van der Waals surface area contributed by atoms with E-state index < -0.39 is 11.2 Å². The lowest BCUT2D eigenvalue weighted by atomic mass is 9.71. The molecule has 0 bridgehead atoms. The van der Waals surface area contributed by atoms with Gasteiger partial charge < -0.3 is 19.9 Å². The highest BCUT2D eigenvalue weighted by Gasteiger charge is 2.69. The highest BCUT2D eigenvalue weighted by molar-refractivity contribution is 5.57. The van der Waals surface area contributed by atoms with E-state index in [1.165, 1.54) is 5.56 Å². The fraction of sp³-hybridized carbons (Fsp3) is 0.250. The van der Waals surface area contributed by atoms with Gasteiger partial charge in [0.1, 0.15) is 17.1 Å². The first-order valence-corrected chi connectivity index (χ1v) is 12.8. The smallest absolute Gasteiger partial charge is 0.174 e. The lowest BCUT2D eigenvalue weighted by Gasteiger charge is -2.40. The molecule has 192 valence electrons. The van der Waals surface area contributed by atoms with E-state index in [1.54, 1.807) is 31.6 Å². The number of benzene rings is 3. The zero-order valence-corrected chi connectivity index (χ0v) is 21.6. The van der Waals surface area contributed by atoms with Crippen LogP contribution >= 0.6 is 0 Å². The molecular formula is C32H31N3O3. The van der Waals surface area contributed by atoms with E-state index in [0.29, 0.717) is 29.0 Å². The molecule has 2 heterocycles. The average molecular weight is 506 g/mol. The van der Waals surface area contributed by atoms with Gasteiger partial charge in [0.15, 0.2) is 5.60 Å². The number of aliphatic hydroxyl groups is 1. The minimum Gasteiger partial charge on any atom is -0.495 e. The molecule has 4 aromatic rings. The van der Waals surface area contributed by atoms with Crippen molar-refractivity contribution < 1.29 is 14.6 Å². The lowest BCUT2D eigenvalue weighted by Crippen LogP contribution is -2.48. The number of nitrogens with one attached hydrogen (secondary N) is 1. The second kappa shape index (κ2) is 10.7. The van der Waals surface area contributed by atoms with Gasteiger partial charge >= 0.3 is 0 Å². The van der Waals surface area contributed by atoms with Gasteiger partial charge in [-0.2, -0.15) is 5.26 Å². The molecule has 6 heteroatoms. The van der Waals surface area contributed by atoms with Crippen molar-refractivity contribution in [2.45, 2.75) is 36.5 Å². The summed E-state index contributed by atoms with van der Waals surface area (Å²) in [5.74, 6) is 0.991. The molecule has 38 heavy (non-hydrogen) atoms. The third-order valence-electron chi connectivity index (χ3n) is 7.55. The van der Waals surface area contributed by atoms with E-state index in [2.05, 4.69) is 40.6 Å². The predicted molar refractivity (Wildman–Crippen MR) is 146 cm³/mol. The molecule has 0 radical (unpaired) electrons. The third kappa shape index (κ3) is 4.20. The molecule has 1 saturated carbocycles. The molecule has 6 nitrogen and oxygen atoms in total. The summed E-state index contributed by atoms with van der Waals surface area (Å²) >= 11 is 0. The van der Waals surface area contributed by atoms with Crippen molar-refractivity contribution in [2.75, 3.05) is 14.2 Å². The van der Waals surface area contributed by atoms with E-state index >= 15 is 0 Å². The molecule has 2 aliphatic rings. The lowest BCUT2D eigenvalue weighted by molar-refractivity contribution is -0.106. The van der Waals surface area contributed by atoms with E-state index in [1.807, 2.05) is 55.6 Å². The maximum absolute atomic E-state index is 12.2. The van der Waals surface area contributed by atoms with Gasteiger partial charge in [0.25, 0.3) is 0 Å². The van der Waals surface area contributed by atoms with Gasteiger partial charge in [0.05, 0.1) is 36.7 Å². The monoisotopic (exact) mass is 505 g/mol. The van der Waals surface area contributed by atoms with Crippen LogP contribution < -0.4 is 14.8 Å². The number of pyridine rings is 1. The maximum Gasteiger partial charge on any atom is 0.174 e. The fourth-order valence-electron chi connectivity index (χ4n) is 5.91. The molecular weight excluding hydrogens is 474 g/mol. The van der Waals surface area contributed by atoms with E-state index in [9.17, 15) is 10.4 Å². The molecule has 1 aromatic heterocycles. The number of nitriles is 1. The average Bonchev–Trinajstić information content (AvgIpc) is 3.41. The first-order valence-electron chi connectivity index (χ1n) is 12.8. The maximum atomic E-state index is 12.2. The van der Waals surface area contributed by atoms with Crippen molar-refractivity contribution in [2.24, 2.45) is 0 Å². The van der Waals surface area contributed by atoms with Crippen LogP contribution in [0.5, 0.6) is 11.5 Å². The van der Waals surface area contributed by atoms with Crippen molar-refractivity contribution in [1.82, 2.24) is 10.3 Å². The molecule has 1 aliphatic heterocycles. The highest BCUT2D eigenvalue weighted by atomic mass is 16.5. The second-order valence-electron chi connectivity index (χ2n) is 9.62. The van der Waals surface area contributed by atoms with Crippen LogP contribution in [0.15, 0.2) is 97.3 Å². The first kappa shape index (κ1) is 25.5. The Balaban J connectivity index is 0.000000278. The zero-order valence-electron chi connectivity index (χ0n) is 21.6. The van der Waals surface area contributed by atoms with Crippen molar-refractivity contribution in [3.63, 3.8) is 0 Å². The van der Waals surface area contributed by atoms with Crippen LogP contribution in [0.1, 0.15) is 46.6 Å². The molecule has 6 rings (SSSR count). The van der Waals surface area contributed by atoms with Crippen molar-refractivity contribution in [3.8, 4) is 17.6 Å². The van der Waals surface area contributed by atoms with Crippen LogP contribution in [0.25, 0.3) is 0 Å². The van der Waals surface area contributed by atoms with Crippen LogP contribution in [-0.4, -0.2) is 24.2 Å². The third-order valence-corrected chi connectivity index (χ3v) is 7.55. The Labute approximate surface area is 223 Å². The molecule has 0 spiro atoms. The van der Waals surface area contributed by atoms with Gasteiger partial charge in [-0.3, -0.25) is 4.98 Å². The van der Waals surface area contributed by atoms with Gasteiger partial charge in [-0.05, 0) is 48.7 Å². The van der Waals surface area contributed by atoms with Crippen LogP contribution in [0.4, 0.5) is 0 Å². The fourth-order valence-corrected chi connectivity index (χ4v) is 5.91. The molecule has 0 unspecified atom stereocenters. The van der Waals surface area contributed by atoms with E-state index in [4.69, 9.17) is 9.47 Å². The number of hydrogen-bond donors (Lipinski definition) is 2. The predicted octanol–water partition coefficient (Wildman–Crippen LogP) is 5.42. The van der Waals surface area contributed by atoms with Gasteiger partial charge in [-0.25, -0.2) is 0 Å². The summed E-state index contributed by atoms with van der Waals surface area (Å²) in [6.07, 6.45) is 4.54. The Morgan fingerprint density at radius 3 is 2.34 bits per heavy atom. The van der Waals surface area contributed by atoms with Gasteiger partial charge in [-0.15, -0.1) is 0 Å². The Kier molecular flexibility index (Phi) is 7.15. The molecule has 3 atom stereocenters. The largest absolute Gasteiger partial charge is 0.495 e. The summed E-state index contributed by atoms with van der Waals surface area (Å²) in [7, 11) is 3.53. The Morgan fingerprint density at radius 1 is 1.03 bits per heavy atom. The quantitative estimate of drug-likeness (QED) is 0.377. The van der Waals surface area contributed by atoms with Crippen LogP contribution in [0.2, 0.25) is 0 Å². The SMILES string of the molecule is CNCc1ccccc1.COc1cncc2c1[C@]1(O)CC[C@@H](c3ccccc3)[C@]1(c1ccc(C#N)cc1)O2. The van der Waals surface area contributed by atoms with Crippen molar-refractivity contribution in [3.05, 3.63) is 125 Å². The summed E-state index contributed by atoms with van der Waals surface area (Å²) in [6, 6.07) is 29.9. The number of ether oxygens (including phenoxy) is 2. The standard InChI is InChI=1S/C24H20N2O3.C8H11N/c1-28-20-14-26-15-21-22(20)23(27)12-11-19(17-5-3-2-4-6-17)24(23,29-21)18-9-7-16(13-25)8-10-18;1-9-7-8-5-3-2-4-6-8/h2-10,14-15,19,27H,11-12H2,1H3;2-6,9H,7H2,1H3/t19-,23+,24-;/m0./s1. The van der Waals surface area contributed by atoms with E-state index in [0.717, 1.165) is 24.1 Å². The second-order valence-corrected chi connectivity index (χ2v) is 9.62. The van der Waals surface area contributed by atoms with Crippen molar-refractivity contribution in [1.29, 1.82) is 5.26 Å². The number of rotatable bonds is 5. The van der Waals surface area contributed by atoms with Crippen LogP contribution in [-0.2, 0) is 17.7 Å². The molecule has 1 aliphatic carbocycles. The Bertz CT molecular complexity index is 1420. The summed E-state index contributed by atoms with van der Waals surface area (Å²) in [4.78, 5) is 4.23. The Morgan fingerprint density at radius 2 is 1.71 bits per heavy atom. The normalized spacial score (nSPS) is 22.7. The first-order chi connectivity index (χ1) is 18.6. The molecule has 1 fully saturated rings. The number of nitrogens with zero attached hydrogens (tertiary/aromatic N) is 2. The van der Waals surface area contributed by atoms with Gasteiger partial charge in [0, 0.05) is 12.5 Å². The van der Waals surface area contributed by atoms with Crippen LogP contribution in [0.3, 0.4) is 0 Å². The summed E-state index contributed by atoms with van der Waals surface area (Å²) in [5, 5.41) is 24.5. The minimum atomic E-state index is -1.27.